The Balaban J connectivity index is 1.33. The van der Waals surface area contributed by atoms with Crippen molar-refractivity contribution in [2.45, 2.75) is 51.0 Å². The van der Waals surface area contributed by atoms with E-state index in [1.807, 2.05) is 28.8 Å². The molecule has 3 heterocycles. The van der Waals surface area contributed by atoms with E-state index in [1.54, 1.807) is 14.2 Å². The monoisotopic (exact) mass is 472 g/mol. The van der Waals surface area contributed by atoms with Gasteiger partial charge in [-0.05, 0) is 59.4 Å². The third-order valence-corrected chi connectivity index (χ3v) is 7.96. The molecular weight excluding hydrogens is 440 g/mol. The van der Waals surface area contributed by atoms with Gasteiger partial charge < -0.3 is 23.9 Å². The second kappa shape index (κ2) is 8.95. The van der Waals surface area contributed by atoms with Crippen LogP contribution in [0.15, 0.2) is 71.8 Å². The lowest BCUT2D eigenvalue weighted by atomic mass is 9.79. The summed E-state index contributed by atoms with van der Waals surface area (Å²) in [4.78, 5) is 2.56. The first-order valence-electron chi connectivity index (χ1n) is 12.3. The van der Waals surface area contributed by atoms with E-state index in [4.69, 9.17) is 14.2 Å². The minimum absolute atomic E-state index is 0.0204. The highest BCUT2D eigenvalue weighted by atomic mass is 16.7. The summed E-state index contributed by atoms with van der Waals surface area (Å²) in [7, 11) is 3.44. The molecular formula is C29H32N2O4. The van der Waals surface area contributed by atoms with Crippen LogP contribution in [0.2, 0.25) is 0 Å². The highest BCUT2D eigenvalue weighted by Crippen LogP contribution is 2.44. The van der Waals surface area contributed by atoms with E-state index in [-0.39, 0.29) is 12.8 Å². The summed E-state index contributed by atoms with van der Waals surface area (Å²) in [5.41, 5.74) is 7.54. The summed E-state index contributed by atoms with van der Waals surface area (Å²) < 4.78 is 20.0. The minimum Gasteiger partial charge on any atom is -0.497 e. The molecule has 0 radical (unpaired) electrons. The van der Waals surface area contributed by atoms with Crippen LogP contribution in [-0.2, 0) is 35.8 Å². The summed E-state index contributed by atoms with van der Waals surface area (Å²) in [6, 6.07) is 16.7. The molecule has 182 valence electrons. The zero-order valence-electron chi connectivity index (χ0n) is 20.4. The average molecular weight is 473 g/mol. The number of fused-ring (bicyclic) bond motifs is 5. The number of allylic oxidation sites excluding steroid dienone is 1. The van der Waals surface area contributed by atoms with Gasteiger partial charge in [-0.2, -0.15) is 0 Å². The quantitative estimate of drug-likeness (QED) is 0.534. The van der Waals surface area contributed by atoms with E-state index in [2.05, 4.69) is 41.3 Å². The molecule has 1 unspecified atom stereocenters. The van der Waals surface area contributed by atoms with E-state index in [0.717, 1.165) is 49.2 Å². The van der Waals surface area contributed by atoms with Crippen LogP contribution in [-0.4, -0.2) is 47.2 Å². The molecule has 0 fully saturated rings. The van der Waals surface area contributed by atoms with Crippen molar-refractivity contribution in [1.82, 2.24) is 9.47 Å². The van der Waals surface area contributed by atoms with Crippen molar-refractivity contribution in [2.75, 3.05) is 20.8 Å². The SMILES string of the molecule is COc1ccc2c(c1)c1c(n2CO)CN2CCC3=C(C[C@](OC)(OCc4ccccc4)C=C3)C2C1. The fourth-order valence-corrected chi connectivity index (χ4v) is 6.05. The number of nitrogens with zero attached hydrogens (tertiary/aromatic N) is 2. The highest BCUT2D eigenvalue weighted by Gasteiger charge is 2.42. The van der Waals surface area contributed by atoms with Gasteiger partial charge in [0.05, 0.1) is 19.2 Å². The molecule has 1 N–H and O–H groups in total. The minimum atomic E-state index is -0.764. The average Bonchev–Trinajstić information content (AvgIpc) is 3.22. The van der Waals surface area contributed by atoms with Gasteiger partial charge in [-0.25, -0.2) is 0 Å². The number of hydrogen-bond donors (Lipinski definition) is 1. The Hall–Kier alpha value is -2.90. The third-order valence-electron chi connectivity index (χ3n) is 7.96. The van der Waals surface area contributed by atoms with Crippen molar-refractivity contribution in [3.05, 3.63) is 88.7 Å². The molecule has 3 aromatic rings. The van der Waals surface area contributed by atoms with Gasteiger partial charge >= 0.3 is 0 Å². The molecule has 0 spiro atoms. The Bertz CT molecular complexity index is 1310. The Morgan fingerprint density at radius 1 is 1.11 bits per heavy atom. The van der Waals surface area contributed by atoms with Crippen LogP contribution in [0.1, 0.15) is 29.7 Å². The van der Waals surface area contributed by atoms with Gasteiger partial charge in [0.15, 0.2) is 5.79 Å². The van der Waals surface area contributed by atoms with Gasteiger partial charge in [-0.3, -0.25) is 4.90 Å². The summed E-state index contributed by atoms with van der Waals surface area (Å²) in [5.74, 6) is 0.0787. The van der Waals surface area contributed by atoms with Crippen molar-refractivity contribution in [3.63, 3.8) is 0 Å². The number of aliphatic hydroxyl groups is 1. The Morgan fingerprint density at radius 2 is 1.97 bits per heavy atom. The molecule has 2 atom stereocenters. The van der Waals surface area contributed by atoms with E-state index < -0.39 is 5.79 Å². The maximum absolute atomic E-state index is 10.2. The molecule has 1 aromatic heterocycles. The lowest BCUT2D eigenvalue weighted by molar-refractivity contribution is -0.196. The lowest BCUT2D eigenvalue weighted by Crippen LogP contribution is -2.48. The Morgan fingerprint density at radius 3 is 2.74 bits per heavy atom. The van der Waals surface area contributed by atoms with Crippen LogP contribution in [0.3, 0.4) is 0 Å². The highest BCUT2D eigenvalue weighted by molar-refractivity contribution is 5.87. The summed E-state index contributed by atoms with van der Waals surface area (Å²) in [5, 5.41) is 11.4. The lowest BCUT2D eigenvalue weighted by Gasteiger charge is -2.45. The molecule has 6 heteroatoms. The molecule has 2 aromatic carbocycles. The number of aliphatic hydroxyl groups excluding tert-OH is 1. The third kappa shape index (κ3) is 3.81. The Kier molecular flexibility index (Phi) is 5.77. The number of aromatic nitrogens is 1. The summed E-state index contributed by atoms with van der Waals surface area (Å²) in [6.45, 7) is 2.31. The molecule has 3 aliphatic rings. The van der Waals surface area contributed by atoms with Gasteiger partial charge in [0.25, 0.3) is 0 Å². The first kappa shape index (κ1) is 22.6. The van der Waals surface area contributed by atoms with Gasteiger partial charge in [0.1, 0.15) is 12.5 Å². The zero-order chi connectivity index (χ0) is 24.0. The van der Waals surface area contributed by atoms with Crippen molar-refractivity contribution < 1.29 is 19.3 Å². The van der Waals surface area contributed by atoms with E-state index >= 15 is 0 Å². The molecule has 2 aliphatic heterocycles. The smallest absolute Gasteiger partial charge is 0.191 e. The largest absolute Gasteiger partial charge is 0.497 e. The number of rotatable bonds is 6. The van der Waals surface area contributed by atoms with Crippen LogP contribution >= 0.6 is 0 Å². The number of hydrogen-bond acceptors (Lipinski definition) is 5. The van der Waals surface area contributed by atoms with Crippen molar-refractivity contribution in [3.8, 4) is 5.75 Å². The van der Waals surface area contributed by atoms with Crippen molar-refractivity contribution in [1.29, 1.82) is 0 Å². The fourth-order valence-electron chi connectivity index (χ4n) is 6.05. The van der Waals surface area contributed by atoms with Crippen molar-refractivity contribution >= 4 is 10.9 Å². The fraction of sp³-hybridized carbons (Fsp3) is 0.379. The van der Waals surface area contributed by atoms with Crippen molar-refractivity contribution in [2.24, 2.45) is 0 Å². The maximum Gasteiger partial charge on any atom is 0.191 e. The zero-order valence-corrected chi connectivity index (χ0v) is 20.4. The number of ether oxygens (including phenoxy) is 3. The van der Waals surface area contributed by atoms with Crippen LogP contribution in [0.5, 0.6) is 5.75 Å². The number of methoxy groups -OCH3 is 2. The van der Waals surface area contributed by atoms with Crippen LogP contribution in [0, 0.1) is 0 Å². The van der Waals surface area contributed by atoms with E-state index in [9.17, 15) is 5.11 Å². The first-order chi connectivity index (χ1) is 17.1. The van der Waals surface area contributed by atoms with Crippen LogP contribution < -0.4 is 4.74 Å². The summed E-state index contributed by atoms with van der Waals surface area (Å²) >= 11 is 0. The van der Waals surface area contributed by atoms with E-state index in [1.165, 1.54) is 27.8 Å². The predicted molar refractivity (Wildman–Crippen MR) is 135 cm³/mol. The molecule has 6 nitrogen and oxygen atoms in total. The van der Waals surface area contributed by atoms with Gasteiger partial charge in [-0.1, -0.05) is 36.4 Å². The molecule has 1 aliphatic carbocycles. The van der Waals surface area contributed by atoms with Gasteiger partial charge in [0, 0.05) is 43.7 Å². The van der Waals surface area contributed by atoms with Gasteiger partial charge in [-0.15, -0.1) is 0 Å². The predicted octanol–water partition coefficient (Wildman–Crippen LogP) is 4.55. The summed E-state index contributed by atoms with van der Waals surface area (Å²) in [6.07, 6.45) is 6.96. The molecule has 6 rings (SSSR count). The second-order valence-corrected chi connectivity index (χ2v) is 9.67. The van der Waals surface area contributed by atoms with E-state index in [0.29, 0.717) is 6.61 Å². The molecule has 0 amide bonds. The molecule has 0 saturated carbocycles. The van der Waals surface area contributed by atoms with Gasteiger partial charge in [0.2, 0.25) is 0 Å². The first-order valence-corrected chi connectivity index (χ1v) is 12.3. The topological polar surface area (TPSA) is 56.1 Å². The maximum atomic E-state index is 10.2. The molecule has 0 bridgehead atoms. The standard InChI is InChI=1S/C29H32N2O4/c1-33-22-8-9-26-23(14-22)24-15-27-25-16-29(34-2,35-18-20-6-4-3-5-7-20)12-10-21(25)11-13-30(27)17-28(24)31(26)19-32/h3-10,12,14,27,32H,11,13,15-19H2,1-2H3/t27?,29-/m1/s1. The second-order valence-electron chi connectivity index (χ2n) is 9.67. The number of benzene rings is 2. The van der Waals surface area contributed by atoms with Crippen LogP contribution in [0.25, 0.3) is 10.9 Å². The Labute approximate surface area is 206 Å². The van der Waals surface area contributed by atoms with Crippen LogP contribution in [0.4, 0.5) is 0 Å². The normalized spacial score (nSPS) is 23.8. The molecule has 0 saturated heterocycles. The molecule has 35 heavy (non-hydrogen) atoms.